The summed E-state index contributed by atoms with van der Waals surface area (Å²) in [7, 11) is 0. The smallest absolute Gasteiger partial charge is 0.104 e. The lowest BCUT2D eigenvalue weighted by atomic mass is 10.1. The van der Waals surface area contributed by atoms with E-state index in [4.69, 9.17) is 30.3 Å². The highest BCUT2D eigenvalue weighted by molar-refractivity contribution is 5.10. The van der Waals surface area contributed by atoms with Crippen molar-refractivity contribution < 1.29 is 30.3 Å². The Balaban J connectivity index is 0. The van der Waals surface area contributed by atoms with Gasteiger partial charge >= 0.3 is 0 Å². The van der Waals surface area contributed by atoms with Crippen molar-refractivity contribution in [1.29, 1.82) is 0 Å². The summed E-state index contributed by atoms with van der Waals surface area (Å²) < 4.78 is 5.34. The second kappa shape index (κ2) is 28.0. The third-order valence-corrected chi connectivity index (χ3v) is 4.28. The highest BCUT2D eigenvalue weighted by Crippen LogP contribution is 2.08. The molecule has 0 aromatic rings. The first-order chi connectivity index (χ1) is 14.7. The Kier molecular flexibility index (Phi) is 29.1. The summed E-state index contributed by atoms with van der Waals surface area (Å²) >= 11 is 0. The summed E-state index contributed by atoms with van der Waals surface area (Å²) in [5.74, 6) is 0. The maximum atomic E-state index is 8.86. The molecule has 0 spiro atoms. The van der Waals surface area contributed by atoms with Crippen molar-refractivity contribution in [2.75, 3.05) is 33.0 Å². The zero-order valence-corrected chi connectivity index (χ0v) is 18.9. The molecule has 0 amide bonds. The Bertz CT molecular complexity index is 387. The predicted octanol–water partition coefficient (Wildman–Crippen LogP) is 3.28. The maximum absolute atomic E-state index is 8.86. The van der Waals surface area contributed by atoms with Gasteiger partial charge in [0, 0.05) is 6.61 Å². The Hall–Kier alpha value is -1.02. The van der Waals surface area contributed by atoms with E-state index in [1.807, 2.05) is 0 Å². The number of allylic oxidation sites excluding steroid dienone is 6. The fraction of sp³-hybridized carbons (Fsp3) is 0.750. The van der Waals surface area contributed by atoms with Crippen LogP contribution >= 0.6 is 0 Å². The van der Waals surface area contributed by atoms with Gasteiger partial charge in [-0.05, 0) is 25.7 Å². The van der Waals surface area contributed by atoms with E-state index in [0.29, 0.717) is 6.61 Å². The summed E-state index contributed by atoms with van der Waals surface area (Å²) in [5.41, 5.74) is 0. The maximum Gasteiger partial charge on any atom is 0.104 e. The number of aliphatic hydroxyl groups is 5. The molecule has 6 nitrogen and oxygen atoms in total. The molecule has 0 fully saturated rings. The first kappa shape index (κ1) is 31.2. The Morgan fingerprint density at radius 3 is 1.60 bits per heavy atom. The number of aliphatic hydroxyl groups excluding tert-OH is 5. The van der Waals surface area contributed by atoms with Crippen LogP contribution in [0.1, 0.15) is 71.1 Å². The molecule has 0 saturated carbocycles. The molecule has 0 aromatic heterocycles. The van der Waals surface area contributed by atoms with Crippen molar-refractivity contribution in [3.8, 4) is 0 Å². The van der Waals surface area contributed by atoms with Crippen LogP contribution < -0.4 is 0 Å². The molecule has 0 bridgehead atoms. The van der Waals surface area contributed by atoms with E-state index in [1.54, 1.807) is 0 Å². The van der Waals surface area contributed by atoms with Crippen LogP contribution in [-0.2, 0) is 4.74 Å². The number of unbranched alkanes of at least 4 members (excludes halogenated alkanes) is 8. The standard InChI is InChI=1S/C21H38O3.C3H8O3/c1-2-3-4-5-6-7-8-9-10-11-12-13-14-15-16-17-18-24-21(19-22)20-23;4-1-3(6)2-5/h5-10,21-23H,2-4,11-20H2,1H3;3-6H,1-2H2/b6-5?,8-7+,10-9?;. The van der Waals surface area contributed by atoms with Crippen molar-refractivity contribution >= 4 is 0 Å². The van der Waals surface area contributed by atoms with Crippen LogP contribution in [0, 0.1) is 0 Å². The zero-order valence-electron chi connectivity index (χ0n) is 18.9. The van der Waals surface area contributed by atoms with Gasteiger partial charge in [0.25, 0.3) is 0 Å². The minimum atomic E-state index is -0.954. The summed E-state index contributed by atoms with van der Waals surface area (Å²) in [5, 5.41) is 41.7. The van der Waals surface area contributed by atoms with Crippen LogP contribution in [0.2, 0.25) is 0 Å². The number of rotatable bonds is 19. The quantitative estimate of drug-likeness (QED) is 0.159. The van der Waals surface area contributed by atoms with E-state index in [1.165, 1.54) is 44.9 Å². The fourth-order valence-electron chi connectivity index (χ4n) is 2.34. The van der Waals surface area contributed by atoms with Gasteiger partial charge in [0.2, 0.25) is 0 Å². The normalized spacial score (nSPS) is 12.0. The Labute approximate surface area is 183 Å². The van der Waals surface area contributed by atoms with E-state index in [-0.39, 0.29) is 26.4 Å². The molecule has 0 radical (unpaired) electrons. The van der Waals surface area contributed by atoms with Gasteiger partial charge in [-0.1, -0.05) is 81.9 Å². The van der Waals surface area contributed by atoms with Gasteiger partial charge in [0.1, 0.15) is 12.2 Å². The minimum absolute atomic E-state index is 0.103. The largest absolute Gasteiger partial charge is 0.394 e. The summed E-state index contributed by atoms with van der Waals surface area (Å²) in [4.78, 5) is 0. The van der Waals surface area contributed by atoms with Gasteiger partial charge in [-0.3, -0.25) is 0 Å². The van der Waals surface area contributed by atoms with Gasteiger partial charge in [-0.15, -0.1) is 0 Å². The fourth-order valence-corrected chi connectivity index (χ4v) is 2.34. The van der Waals surface area contributed by atoms with Crippen LogP contribution in [0.5, 0.6) is 0 Å². The van der Waals surface area contributed by atoms with E-state index in [9.17, 15) is 0 Å². The Morgan fingerprint density at radius 1 is 0.633 bits per heavy atom. The third kappa shape index (κ3) is 27.0. The molecule has 178 valence electrons. The van der Waals surface area contributed by atoms with Gasteiger partial charge in [0.05, 0.1) is 26.4 Å². The van der Waals surface area contributed by atoms with Crippen molar-refractivity contribution in [1.82, 2.24) is 0 Å². The molecular formula is C24H46O6. The van der Waals surface area contributed by atoms with Gasteiger partial charge in [-0.25, -0.2) is 0 Å². The van der Waals surface area contributed by atoms with Gasteiger partial charge in [0.15, 0.2) is 0 Å². The molecule has 0 aliphatic carbocycles. The molecule has 0 heterocycles. The first-order valence-electron chi connectivity index (χ1n) is 11.4. The van der Waals surface area contributed by atoms with Crippen molar-refractivity contribution in [2.24, 2.45) is 0 Å². The number of hydrogen-bond donors (Lipinski definition) is 5. The molecule has 6 heteroatoms. The third-order valence-electron chi connectivity index (χ3n) is 4.28. The van der Waals surface area contributed by atoms with E-state index in [2.05, 4.69) is 43.4 Å². The number of ether oxygens (including phenoxy) is 1. The van der Waals surface area contributed by atoms with Crippen molar-refractivity contribution in [3.05, 3.63) is 36.5 Å². The Morgan fingerprint density at radius 2 is 1.13 bits per heavy atom. The molecule has 30 heavy (non-hydrogen) atoms. The molecule has 5 N–H and O–H groups in total. The zero-order chi connectivity index (χ0) is 22.7. The van der Waals surface area contributed by atoms with Gasteiger partial charge in [-0.2, -0.15) is 0 Å². The summed E-state index contributed by atoms with van der Waals surface area (Å²) in [6, 6.07) is 0. The van der Waals surface area contributed by atoms with Crippen LogP contribution in [0.15, 0.2) is 36.5 Å². The molecule has 0 aromatic carbocycles. The average molecular weight is 431 g/mol. The molecule has 0 unspecified atom stereocenters. The van der Waals surface area contributed by atoms with Crippen LogP contribution in [0.25, 0.3) is 0 Å². The SMILES string of the molecule is CCCCC=C/C=C/C=CCCCCCCCCOC(CO)CO.OCC(O)CO. The molecule has 0 saturated heterocycles. The van der Waals surface area contributed by atoms with Crippen LogP contribution in [-0.4, -0.2) is 70.8 Å². The molecule has 0 atom stereocenters. The molecule has 0 rings (SSSR count). The lowest BCUT2D eigenvalue weighted by Crippen LogP contribution is -2.22. The van der Waals surface area contributed by atoms with E-state index in [0.717, 1.165) is 19.3 Å². The topological polar surface area (TPSA) is 110 Å². The van der Waals surface area contributed by atoms with Crippen molar-refractivity contribution in [3.63, 3.8) is 0 Å². The number of hydrogen-bond acceptors (Lipinski definition) is 6. The van der Waals surface area contributed by atoms with E-state index >= 15 is 0 Å². The lowest BCUT2D eigenvalue weighted by molar-refractivity contribution is -0.0208. The second-order valence-electron chi connectivity index (χ2n) is 7.17. The molecule has 0 aliphatic rings. The van der Waals surface area contributed by atoms with E-state index < -0.39 is 12.2 Å². The first-order valence-corrected chi connectivity index (χ1v) is 11.4. The van der Waals surface area contributed by atoms with Gasteiger partial charge < -0.3 is 30.3 Å². The highest BCUT2D eigenvalue weighted by atomic mass is 16.5. The summed E-state index contributed by atoms with van der Waals surface area (Å²) in [6.45, 7) is 1.91. The minimum Gasteiger partial charge on any atom is -0.394 e. The van der Waals surface area contributed by atoms with Crippen molar-refractivity contribution in [2.45, 2.75) is 83.3 Å². The molecule has 0 aliphatic heterocycles. The summed E-state index contributed by atoms with van der Waals surface area (Å²) in [6.07, 6.45) is 23.7. The second-order valence-corrected chi connectivity index (χ2v) is 7.17. The average Bonchev–Trinajstić information content (AvgIpc) is 2.78. The van der Waals surface area contributed by atoms with Crippen LogP contribution in [0.3, 0.4) is 0 Å². The lowest BCUT2D eigenvalue weighted by Gasteiger charge is -2.11. The molecular weight excluding hydrogens is 384 g/mol. The highest BCUT2D eigenvalue weighted by Gasteiger charge is 2.04. The monoisotopic (exact) mass is 430 g/mol. The van der Waals surface area contributed by atoms with Crippen LogP contribution in [0.4, 0.5) is 0 Å². The predicted molar refractivity (Wildman–Crippen MR) is 123 cm³/mol.